The van der Waals surface area contributed by atoms with Crippen molar-refractivity contribution in [3.8, 4) is 0 Å². The molecule has 2 aromatic rings. The fourth-order valence-corrected chi connectivity index (χ4v) is 3.44. The topological polar surface area (TPSA) is 115 Å². The zero-order valence-corrected chi connectivity index (χ0v) is 23.1. The summed E-state index contributed by atoms with van der Waals surface area (Å²) in [7, 11) is 0. The van der Waals surface area contributed by atoms with Gasteiger partial charge in [0.1, 0.15) is 0 Å². The number of rotatable bonds is 12. The number of hydrogen-bond acceptors (Lipinski definition) is 4. The van der Waals surface area contributed by atoms with E-state index in [1.54, 1.807) is 67.6 Å². The van der Waals surface area contributed by atoms with Crippen molar-refractivity contribution in [2.24, 2.45) is 5.92 Å². The van der Waals surface area contributed by atoms with Crippen molar-refractivity contribution in [3.05, 3.63) is 84.4 Å². The van der Waals surface area contributed by atoms with Crippen LogP contribution in [0.4, 0.5) is 0 Å². The fraction of sp³-hybridized carbons (Fsp3) is 0.484. The van der Waals surface area contributed by atoms with Gasteiger partial charge < -0.3 is 20.4 Å². The molecule has 2 rings (SSSR count). The molecule has 0 aromatic heterocycles. The van der Waals surface area contributed by atoms with Crippen molar-refractivity contribution in [3.63, 3.8) is 0 Å². The third-order valence-electron chi connectivity index (χ3n) is 5.17. The second-order valence-electron chi connectivity index (χ2n) is 8.84. The Morgan fingerprint density at radius 3 is 1.38 bits per heavy atom. The van der Waals surface area contributed by atoms with Crippen LogP contribution in [0.5, 0.6) is 0 Å². The average Bonchev–Trinajstić information content (AvgIpc) is 2.86. The van der Waals surface area contributed by atoms with Gasteiger partial charge in [-0.05, 0) is 56.4 Å². The molecule has 208 valence electrons. The number of benzene rings is 2. The molecule has 6 nitrogen and oxygen atoms in total. The highest BCUT2D eigenvalue weighted by Gasteiger charge is 2.05. The van der Waals surface area contributed by atoms with Crippen molar-refractivity contribution in [1.29, 1.82) is 0 Å². The summed E-state index contributed by atoms with van der Waals surface area (Å²) >= 11 is 0. The normalized spacial score (nSPS) is 11.3. The highest BCUT2D eigenvalue weighted by Crippen LogP contribution is 2.17. The Morgan fingerprint density at radius 1 is 0.757 bits per heavy atom. The Bertz CT molecular complexity index is 749. The van der Waals surface area contributed by atoms with Crippen molar-refractivity contribution in [1.82, 2.24) is 0 Å². The van der Waals surface area contributed by atoms with Gasteiger partial charge in [0, 0.05) is 0 Å². The maximum Gasteiger partial charge on any atom is 0.335 e. The van der Waals surface area contributed by atoms with E-state index in [9.17, 15) is 9.59 Å². The van der Waals surface area contributed by atoms with E-state index in [-0.39, 0.29) is 12.2 Å². The lowest BCUT2D eigenvalue weighted by atomic mass is 9.95. The van der Waals surface area contributed by atoms with E-state index in [0.717, 1.165) is 18.8 Å². The highest BCUT2D eigenvalue weighted by molar-refractivity contribution is 5.87. The second-order valence-corrected chi connectivity index (χ2v) is 8.84. The summed E-state index contributed by atoms with van der Waals surface area (Å²) in [6.45, 7) is 12.0. The number of hydrogen-bond donors (Lipinski definition) is 4. The molecule has 37 heavy (non-hydrogen) atoms. The van der Waals surface area contributed by atoms with Gasteiger partial charge in [-0.25, -0.2) is 9.59 Å². The lowest BCUT2D eigenvalue weighted by Gasteiger charge is -2.11. The van der Waals surface area contributed by atoms with Crippen LogP contribution in [0, 0.1) is 5.92 Å². The first kappa shape index (κ1) is 36.2. The molecular formula is C31H48O6. The summed E-state index contributed by atoms with van der Waals surface area (Å²) in [6, 6.07) is 16.6. The molecule has 2 atom stereocenters. The molecule has 0 aliphatic carbocycles. The van der Waals surface area contributed by atoms with Crippen LogP contribution in [0.1, 0.15) is 99.8 Å². The standard InChI is InChI=1S/C10H20.2C7H6O2.C7H16O2/c1-4-7-10(8-5-2)9-6-3;2*8-7(9)6-4-2-1-3-5-6;1-3-4-7(9)5-6(2)8/h4,10H,1,5-9H2,2-3H3;2*1-5H,(H,8,9);6-9H,3-5H2,1-2H3. The minimum atomic E-state index is -0.879. The Kier molecular flexibility index (Phi) is 24.2. The SMILES string of the molecule is C=CCC(CCC)CCC.CCCC(O)CC(C)O.O=C(O)c1ccccc1.O=C(O)c1ccccc1. The van der Waals surface area contributed by atoms with Gasteiger partial charge in [-0.15, -0.1) is 6.58 Å². The first-order chi connectivity index (χ1) is 17.6. The van der Waals surface area contributed by atoms with Gasteiger partial charge in [0.15, 0.2) is 0 Å². The lowest BCUT2D eigenvalue weighted by molar-refractivity contribution is 0.0686. The van der Waals surface area contributed by atoms with Crippen LogP contribution in [-0.4, -0.2) is 44.6 Å². The number of carboxylic acids is 2. The average molecular weight is 517 g/mol. The Morgan fingerprint density at radius 2 is 1.14 bits per heavy atom. The van der Waals surface area contributed by atoms with Crippen molar-refractivity contribution in [2.45, 2.75) is 91.3 Å². The van der Waals surface area contributed by atoms with E-state index in [4.69, 9.17) is 20.4 Å². The minimum absolute atomic E-state index is 0.310. The van der Waals surface area contributed by atoms with E-state index in [2.05, 4.69) is 26.5 Å². The van der Waals surface area contributed by atoms with Crippen LogP contribution in [-0.2, 0) is 0 Å². The predicted octanol–water partition coefficient (Wildman–Crippen LogP) is 7.47. The quantitative estimate of drug-likeness (QED) is 0.218. The Hall–Kier alpha value is -2.96. The minimum Gasteiger partial charge on any atom is -0.478 e. The van der Waals surface area contributed by atoms with Crippen molar-refractivity contribution in [2.75, 3.05) is 0 Å². The van der Waals surface area contributed by atoms with Crippen LogP contribution in [0.2, 0.25) is 0 Å². The molecular weight excluding hydrogens is 468 g/mol. The van der Waals surface area contributed by atoms with E-state index in [0.29, 0.717) is 17.5 Å². The van der Waals surface area contributed by atoms with Crippen LogP contribution >= 0.6 is 0 Å². The molecule has 2 aromatic carbocycles. The van der Waals surface area contributed by atoms with Crippen LogP contribution < -0.4 is 0 Å². The molecule has 0 aliphatic rings. The van der Waals surface area contributed by atoms with Gasteiger partial charge in [-0.3, -0.25) is 0 Å². The molecule has 2 unspecified atom stereocenters. The zero-order chi connectivity index (χ0) is 28.5. The van der Waals surface area contributed by atoms with Gasteiger partial charge in [0.05, 0.1) is 23.3 Å². The molecule has 0 amide bonds. The number of carboxylic acid groups (broad SMARTS) is 2. The van der Waals surface area contributed by atoms with Gasteiger partial charge in [-0.2, -0.15) is 0 Å². The molecule has 0 spiro atoms. The summed E-state index contributed by atoms with van der Waals surface area (Å²) in [5.41, 5.74) is 0.662. The molecule has 0 saturated heterocycles. The molecule has 0 fully saturated rings. The second kappa shape index (κ2) is 24.7. The van der Waals surface area contributed by atoms with E-state index >= 15 is 0 Å². The lowest BCUT2D eigenvalue weighted by Crippen LogP contribution is -2.13. The Labute approximate surface area is 223 Å². The number of allylic oxidation sites excluding steroid dienone is 1. The summed E-state index contributed by atoms with van der Waals surface area (Å²) in [6.07, 6.45) is 10.3. The fourth-order valence-electron chi connectivity index (χ4n) is 3.44. The molecule has 0 bridgehead atoms. The van der Waals surface area contributed by atoms with E-state index < -0.39 is 11.9 Å². The first-order valence-corrected chi connectivity index (χ1v) is 13.2. The van der Waals surface area contributed by atoms with E-state index in [1.807, 2.05) is 6.92 Å². The third kappa shape index (κ3) is 23.2. The van der Waals surface area contributed by atoms with E-state index in [1.165, 1.54) is 32.1 Å². The number of aliphatic hydroxyl groups excluding tert-OH is 2. The largest absolute Gasteiger partial charge is 0.478 e. The summed E-state index contributed by atoms with van der Waals surface area (Å²) in [5, 5.41) is 34.6. The van der Waals surface area contributed by atoms with Crippen LogP contribution in [0.15, 0.2) is 73.3 Å². The first-order valence-electron chi connectivity index (χ1n) is 13.2. The molecule has 4 N–H and O–H groups in total. The number of aliphatic hydroxyl groups is 2. The molecule has 0 aliphatic heterocycles. The molecule has 0 radical (unpaired) electrons. The molecule has 6 heteroatoms. The third-order valence-corrected chi connectivity index (χ3v) is 5.17. The maximum atomic E-state index is 10.2. The van der Waals surface area contributed by atoms with Gasteiger partial charge in [-0.1, -0.05) is 95.3 Å². The number of carbonyl (C=O) groups is 2. The van der Waals surface area contributed by atoms with Gasteiger partial charge >= 0.3 is 11.9 Å². The van der Waals surface area contributed by atoms with Crippen molar-refractivity contribution < 1.29 is 30.0 Å². The number of aromatic carboxylic acids is 2. The summed E-state index contributed by atoms with van der Waals surface area (Å²) in [5.74, 6) is -0.848. The summed E-state index contributed by atoms with van der Waals surface area (Å²) < 4.78 is 0. The monoisotopic (exact) mass is 516 g/mol. The summed E-state index contributed by atoms with van der Waals surface area (Å²) in [4.78, 5) is 20.4. The zero-order valence-electron chi connectivity index (χ0n) is 23.1. The molecule has 0 heterocycles. The Balaban J connectivity index is 0. The van der Waals surface area contributed by atoms with Crippen LogP contribution in [0.25, 0.3) is 0 Å². The smallest absolute Gasteiger partial charge is 0.335 e. The van der Waals surface area contributed by atoms with Crippen molar-refractivity contribution >= 4 is 11.9 Å². The van der Waals surface area contributed by atoms with Gasteiger partial charge in [0.2, 0.25) is 0 Å². The van der Waals surface area contributed by atoms with Gasteiger partial charge in [0.25, 0.3) is 0 Å². The predicted molar refractivity (Wildman–Crippen MR) is 152 cm³/mol. The maximum absolute atomic E-state index is 10.2. The van der Waals surface area contributed by atoms with Crippen LogP contribution in [0.3, 0.4) is 0 Å². The highest BCUT2D eigenvalue weighted by atomic mass is 16.4. The molecule has 0 saturated carbocycles.